The fourth-order valence-corrected chi connectivity index (χ4v) is 3.03. The molecule has 132 valence electrons. The van der Waals surface area contributed by atoms with Gasteiger partial charge in [-0.25, -0.2) is 0 Å². The summed E-state index contributed by atoms with van der Waals surface area (Å²) in [6.45, 7) is 4.47. The molecule has 1 aromatic heterocycles. The van der Waals surface area contributed by atoms with Crippen LogP contribution in [0.1, 0.15) is 30.8 Å². The first-order valence-electron chi connectivity index (χ1n) is 7.39. The van der Waals surface area contributed by atoms with Gasteiger partial charge in [-0.15, -0.1) is 22.6 Å². The van der Waals surface area contributed by atoms with Gasteiger partial charge >= 0.3 is 0 Å². The van der Waals surface area contributed by atoms with E-state index >= 15 is 0 Å². The number of hydrogen-bond donors (Lipinski definition) is 2. The summed E-state index contributed by atoms with van der Waals surface area (Å²) in [6.07, 6.45) is -0.0903. The van der Waals surface area contributed by atoms with Crippen molar-refractivity contribution in [3.8, 4) is 0 Å². The molecule has 1 atom stereocenters. The quantitative estimate of drug-likeness (QED) is 0.781. The maximum Gasteiger partial charge on any atom is 0.228 e. The predicted octanol–water partition coefficient (Wildman–Crippen LogP) is 2.59. The van der Waals surface area contributed by atoms with Crippen molar-refractivity contribution in [2.45, 2.75) is 31.8 Å². The van der Waals surface area contributed by atoms with E-state index in [0.29, 0.717) is 11.7 Å². The molecular formula is C16H23ClN4O2S. The van der Waals surface area contributed by atoms with Crippen LogP contribution >= 0.6 is 23.7 Å². The number of halogens is 1. The number of benzene rings is 1. The third-order valence-electron chi connectivity index (χ3n) is 3.71. The molecule has 6 nitrogen and oxygen atoms in total. The third-order valence-corrected chi connectivity index (χ3v) is 4.87. The van der Waals surface area contributed by atoms with Gasteiger partial charge in [0.1, 0.15) is 5.01 Å². The molecule has 1 aromatic carbocycles. The maximum atomic E-state index is 12.0. The molecule has 0 aliphatic carbocycles. The highest BCUT2D eigenvalue weighted by Crippen LogP contribution is 2.34. The van der Waals surface area contributed by atoms with Crippen molar-refractivity contribution in [3.05, 3.63) is 40.9 Å². The van der Waals surface area contributed by atoms with Crippen LogP contribution in [0.15, 0.2) is 30.3 Å². The largest absolute Gasteiger partial charge is 0.380 e. The molecule has 0 aliphatic heterocycles. The summed E-state index contributed by atoms with van der Waals surface area (Å²) in [6, 6.07) is 10.1. The Balaban J connectivity index is 0.00000288. The van der Waals surface area contributed by atoms with Crippen molar-refractivity contribution < 1.29 is 9.53 Å². The Labute approximate surface area is 152 Å². The van der Waals surface area contributed by atoms with Crippen LogP contribution in [0.5, 0.6) is 0 Å². The van der Waals surface area contributed by atoms with Gasteiger partial charge in [-0.05, 0) is 19.4 Å². The Bertz CT molecular complexity index is 645. The number of methoxy groups -OCH3 is 1. The van der Waals surface area contributed by atoms with Gasteiger partial charge in [0.25, 0.3) is 0 Å². The first-order valence-corrected chi connectivity index (χ1v) is 8.21. The van der Waals surface area contributed by atoms with E-state index in [-0.39, 0.29) is 36.3 Å². The van der Waals surface area contributed by atoms with Crippen LogP contribution in [-0.4, -0.2) is 35.9 Å². The van der Waals surface area contributed by atoms with E-state index in [1.54, 1.807) is 0 Å². The number of amides is 1. The van der Waals surface area contributed by atoms with Crippen LogP contribution in [0.25, 0.3) is 0 Å². The standard InChI is InChI=1S/C16H22N4O2S.ClH/c1-16(2,11-7-5-4-6-8-11)14-19-20-15(23-14)18-13(21)9-12(10-17)22-3;/h4-8,12H,9-10,17H2,1-3H3,(H,18,20,21);1H. The Morgan fingerprint density at radius 1 is 1.33 bits per heavy atom. The van der Waals surface area contributed by atoms with E-state index in [1.807, 2.05) is 18.2 Å². The molecule has 0 fully saturated rings. The van der Waals surface area contributed by atoms with E-state index in [2.05, 4.69) is 41.5 Å². The number of carbonyl (C=O) groups excluding carboxylic acids is 1. The highest BCUT2D eigenvalue weighted by molar-refractivity contribution is 7.15. The summed E-state index contributed by atoms with van der Waals surface area (Å²) in [5.74, 6) is -0.178. The number of carbonyl (C=O) groups is 1. The highest BCUT2D eigenvalue weighted by Gasteiger charge is 2.27. The molecule has 0 aliphatic rings. The van der Waals surface area contributed by atoms with E-state index in [9.17, 15) is 4.79 Å². The molecule has 2 rings (SSSR count). The first-order chi connectivity index (χ1) is 11.0. The number of nitrogens with one attached hydrogen (secondary N) is 1. The summed E-state index contributed by atoms with van der Waals surface area (Å²) < 4.78 is 5.11. The van der Waals surface area contributed by atoms with Crippen molar-refractivity contribution >= 4 is 34.8 Å². The van der Waals surface area contributed by atoms with E-state index in [4.69, 9.17) is 10.5 Å². The fourth-order valence-electron chi connectivity index (χ4n) is 2.14. The Hall–Kier alpha value is -1.54. The average Bonchev–Trinajstić information content (AvgIpc) is 3.02. The summed E-state index contributed by atoms with van der Waals surface area (Å²) >= 11 is 1.38. The summed E-state index contributed by atoms with van der Waals surface area (Å²) in [5.41, 5.74) is 6.40. The van der Waals surface area contributed by atoms with Crippen molar-refractivity contribution in [3.63, 3.8) is 0 Å². The average molecular weight is 371 g/mol. The van der Waals surface area contributed by atoms with Gasteiger partial charge in [0, 0.05) is 19.1 Å². The topological polar surface area (TPSA) is 90.1 Å². The second-order valence-corrected chi connectivity index (χ2v) is 6.73. The van der Waals surface area contributed by atoms with E-state index < -0.39 is 0 Å². The molecule has 8 heteroatoms. The third kappa shape index (κ3) is 4.98. The Morgan fingerprint density at radius 3 is 2.58 bits per heavy atom. The van der Waals surface area contributed by atoms with Gasteiger partial charge in [0.2, 0.25) is 11.0 Å². The lowest BCUT2D eigenvalue weighted by molar-refractivity contribution is -0.118. The highest BCUT2D eigenvalue weighted by atomic mass is 35.5. The van der Waals surface area contributed by atoms with Gasteiger partial charge < -0.3 is 15.8 Å². The van der Waals surface area contributed by atoms with Crippen molar-refractivity contribution in [2.75, 3.05) is 19.0 Å². The van der Waals surface area contributed by atoms with Crippen molar-refractivity contribution in [1.29, 1.82) is 0 Å². The SMILES string of the molecule is COC(CN)CC(=O)Nc1nnc(C(C)(C)c2ccccc2)s1.Cl. The Kier molecular flexibility index (Phi) is 7.75. The van der Waals surface area contributed by atoms with E-state index in [1.165, 1.54) is 18.4 Å². The number of aromatic nitrogens is 2. The molecule has 0 bridgehead atoms. The number of nitrogens with zero attached hydrogens (tertiary/aromatic N) is 2. The number of rotatable bonds is 7. The van der Waals surface area contributed by atoms with Crippen LogP contribution in [0.3, 0.4) is 0 Å². The smallest absolute Gasteiger partial charge is 0.228 e. The van der Waals surface area contributed by atoms with Gasteiger partial charge in [-0.2, -0.15) is 0 Å². The monoisotopic (exact) mass is 370 g/mol. The molecule has 0 saturated carbocycles. The van der Waals surface area contributed by atoms with Crippen LogP contribution in [-0.2, 0) is 14.9 Å². The zero-order valence-electron chi connectivity index (χ0n) is 14.0. The lowest BCUT2D eigenvalue weighted by Gasteiger charge is -2.21. The zero-order chi connectivity index (χ0) is 16.9. The van der Waals surface area contributed by atoms with Crippen LogP contribution in [0.4, 0.5) is 5.13 Å². The minimum absolute atomic E-state index is 0. The van der Waals surface area contributed by atoms with Crippen LogP contribution in [0.2, 0.25) is 0 Å². The molecule has 0 radical (unpaired) electrons. The Morgan fingerprint density at radius 2 is 2.00 bits per heavy atom. The molecule has 24 heavy (non-hydrogen) atoms. The van der Waals surface area contributed by atoms with Crippen LogP contribution < -0.4 is 11.1 Å². The zero-order valence-corrected chi connectivity index (χ0v) is 15.6. The minimum atomic E-state index is -0.289. The van der Waals surface area contributed by atoms with Gasteiger partial charge in [0.15, 0.2) is 0 Å². The second-order valence-electron chi connectivity index (χ2n) is 5.75. The maximum absolute atomic E-state index is 12.0. The number of hydrogen-bond acceptors (Lipinski definition) is 6. The van der Waals surface area contributed by atoms with Crippen molar-refractivity contribution in [1.82, 2.24) is 10.2 Å². The second kappa shape index (κ2) is 9.08. The molecule has 2 aromatic rings. The normalized spacial score (nSPS) is 12.3. The molecular weight excluding hydrogens is 348 g/mol. The lowest BCUT2D eigenvalue weighted by Crippen LogP contribution is -2.28. The number of ether oxygens (including phenoxy) is 1. The molecule has 1 amide bonds. The molecule has 1 heterocycles. The van der Waals surface area contributed by atoms with E-state index in [0.717, 1.165) is 10.6 Å². The predicted molar refractivity (Wildman–Crippen MR) is 98.8 cm³/mol. The van der Waals surface area contributed by atoms with Gasteiger partial charge in [-0.3, -0.25) is 4.79 Å². The summed E-state index contributed by atoms with van der Waals surface area (Å²) in [5, 5.41) is 12.4. The molecule has 1 unspecified atom stereocenters. The summed E-state index contributed by atoms with van der Waals surface area (Å²) in [4.78, 5) is 12.0. The number of anilines is 1. The molecule has 0 saturated heterocycles. The van der Waals surface area contributed by atoms with Gasteiger partial charge in [-0.1, -0.05) is 41.7 Å². The van der Waals surface area contributed by atoms with Crippen molar-refractivity contribution in [2.24, 2.45) is 5.73 Å². The van der Waals surface area contributed by atoms with Crippen LogP contribution in [0, 0.1) is 0 Å². The molecule has 0 spiro atoms. The first kappa shape index (κ1) is 20.5. The summed E-state index contributed by atoms with van der Waals surface area (Å²) in [7, 11) is 1.54. The molecule has 3 N–H and O–H groups in total. The van der Waals surface area contributed by atoms with Gasteiger partial charge in [0.05, 0.1) is 12.5 Å². The fraction of sp³-hybridized carbons (Fsp3) is 0.438. The minimum Gasteiger partial charge on any atom is -0.380 e. The number of nitrogens with two attached hydrogens (primary N) is 1. The lowest BCUT2D eigenvalue weighted by atomic mass is 9.85.